The number of hydrogen-bond donors (Lipinski definition) is 3. The topological polar surface area (TPSA) is 65.5 Å². The van der Waals surface area contributed by atoms with Crippen molar-refractivity contribution in [3.63, 3.8) is 0 Å². The first-order chi connectivity index (χ1) is 12.7. The van der Waals surface area contributed by atoms with Crippen LogP contribution in [0.3, 0.4) is 0 Å². The molecule has 0 aliphatic carbocycles. The van der Waals surface area contributed by atoms with Crippen LogP contribution in [0.5, 0.6) is 0 Å². The summed E-state index contributed by atoms with van der Waals surface area (Å²) in [6.45, 7) is 3.44. The number of aryl methyl sites for hydroxylation is 1. The standard InChI is InChI=1S/C20H25FN4O/c1-2-22-20(23-14-6-9-16-7-4-3-5-8-16)24-15-19(26)25-18-12-10-17(21)11-13-18/h3-5,7-8,10-13H,2,6,9,14-15H2,1H3,(H,25,26)(H2,22,23,24). The summed E-state index contributed by atoms with van der Waals surface area (Å²) in [5, 5.41) is 9.03. The predicted octanol–water partition coefficient (Wildman–Crippen LogP) is 2.95. The number of benzene rings is 2. The molecular weight excluding hydrogens is 331 g/mol. The molecule has 1 amide bonds. The van der Waals surface area contributed by atoms with Crippen LogP contribution in [-0.2, 0) is 11.2 Å². The van der Waals surface area contributed by atoms with Crippen molar-refractivity contribution in [2.45, 2.75) is 19.8 Å². The van der Waals surface area contributed by atoms with Crippen molar-refractivity contribution in [2.75, 3.05) is 25.0 Å². The predicted molar refractivity (Wildman–Crippen MR) is 104 cm³/mol. The minimum Gasteiger partial charge on any atom is -0.357 e. The Kier molecular flexibility index (Phi) is 8.12. The van der Waals surface area contributed by atoms with Gasteiger partial charge in [0.15, 0.2) is 5.96 Å². The molecule has 5 nitrogen and oxygen atoms in total. The Bertz CT molecular complexity index is 702. The van der Waals surface area contributed by atoms with Crippen molar-refractivity contribution in [2.24, 2.45) is 4.99 Å². The van der Waals surface area contributed by atoms with E-state index in [2.05, 4.69) is 33.1 Å². The summed E-state index contributed by atoms with van der Waals surface area (Å²) >= 11 is 0. The summed E-state index contributed by atoms with van der Waals surface area (Å²) in [7, 11) is 0. The number of carbonyl (C=O) groups excluding carboxylic acids is 1. The van der Waals surface area contributed by atoms with Crippen LogP contribution in [0.15, 0.2) is 59.6 Å². The first-order valence-electron chi connectivity index (χ1n) is 8.79. The number of anilines is 1. The van der Waals surface area contributed by atoms with E-state index in [9.17, 15) is 9.18 Å². The monoisotopic (exact) mass is 356 g/mol. The van der Waals surface area contributed by atoms with Crippen LogP contribution in [0, 0.1) is 5.82 Å². The quantitative estimate of drug-likeness (QED) is 0.387. The van der Waals surface area contributed by atoms with E-state index in [1.807, 2.05) is 25.1 Å². The van der Waals surface area contributed by atoms with Crippen LogP contribution in [0.1, 0.15) is 18.9 Å². The summed E-state index contributed by atoms with van der Waals surface area (Å²) < 4.78 is 12.9. The molecule has 26 heavy (non-hydrogen) atoms. The SMILES string of the molecule is CCNC(=NCC(=O)Nc1ccc(F)cc1)NCCCc1ccccc1. The molecule has 0 atom stereocenters. The Morgan fingerprint density at radius 2 is 1.77 bits per heavy atom. The lowest BCUT2D eigenvalue weighted by molar-refractivity contribution is -0.114. The van der Waals surface area contributed by atoms with Crippen molar-refractivity contribution in [3.05, 3.63) is 66.0 Å². The Morgan fingerprint density at radius 1 is 1.04 bits per heavy atom. The van der Waals surface area contributed by atoms with E-state index in [1.165, 1.54) is 29.8 Å². The summed E-state index contributed by atoms with van der Waals surface area (Å²) in [6.07, 6.45) is 1.95. The van der Waals surface area contributed by atoms with Gasteiger partial charge < -0.3 is 16.0 Å². The smallest absolute Gasteiger partial charge is 0.246 e. The van der Waals surface area contributed by atoms with Gasteiger partial charge in [-0.25, -0.2) is 9.38 Å². The second-order valence-electron chi connectivity index (χ2n) is 5.77. The van der Waals surface area contributed by atoms with E-state index in [1.54, 1.807) is 0 Å². The number of guanidine groups is 1. The number of rotatable bonds is 8. The number of carbonyl (C=O) groups is 1. The molecule has 0 radical (unpaired) electrons. The van der Waals surface area contributed by atoms with Crippen molar-refractivity contribution in [3.8, 4) is 0 Å². The van der Waals surface area contributed by atoms with E-state index < -0.39 is 0 Å². The van der Waals surface area contributed by atoms with Crippen LogP contribution in [0.2, 0.25) is 0 Å². The van der Waals surface area contributed by atoms with Gasteiger partial charge in [0.1, 0.15) is 12.4 Å². The fraction of sp³-hybridized carbons (Fsp3) is 0.300. The molecule has 138 valence electrons. The largest absolute Gasteiger partial charge is 0.357 e. The van der Waals surface area contributed by atoms with Crippen LogP contribution in [0.4, 0.5) is 10.1 Å². The van der Waals surface area contributed by atoms with Crippen molar-refractivity contribution >= 4 is 17.6 Å². The Labute approximate surface area is 153 Å². The molecule has 0 aliphatic rings. The molecule has 2 aromatic carbocycles. The summed E-state index contributed by atoms with van der Waals surface area (Å²) in [5.41, 5.74) is 1.85. The lowest BCUT2D eigenvalue weighted by Gasteiger charge is -2.11. The molecule has 3 N–H and O–H groups in total. The highest BCUT2D eigenvalue weighted by atomic mass is 19.1. The first-order valence-corrected chi connectivity index (χ1v) is 8.79. The molecule has 0 unspecified atom stereocenters. The van der Waals surface area contributed by atoms with E-state index >= 15 is 0 Å². The highest BCUT2D eigenvalue weighted by Crippen LogP contribution is 2.07. The normalized spacial score (nSPS) is 11.1. The molecule has 0 aliphatic heterocycles. The maximum atomic E-state index is 12.9. The molecule has 0 saturated carbocycles. The summed E-state index contributed by atoms with van der Waals surface area (Å²) in [4.78, 5) is 16.2. The lowest BCUT2D eigenvalue weighted by atomic mass is 10.1. The van der Waals surface area contributed by atoms with Gasteiger partial charge in [0, 0.05) is 18.8 Å². The zero-order chi connectivity index (χ0) is 18.6. The van der Waals surface area contributed by atoms with E-state index in [0.29, 0.717) is 18.2 Å². The fourth-order valence-corrected chi connectivity index (χ4v) is 2.37. The minimum absolute atomic E-state index is 0.00854. The van der Waals surface area contributed by atoms with Gasteiger partial charge in [-0.2, -0.15) is 0 Å². The zero-order valence-corrected chi connectivity index (χ0v) is 15.0. The molecule has 6 heteroatoms. The van der Waals surface area contributed by atoms with Gasteiger partial charge in [0.2, 0.25) is 5.91 Å². The Hall–Kier alpha value is -2.89. The third-order valence-electron chi connectivity index (χ3n) is 3.63. The highest BCUT2D eigenvalue weighted by molar-refractivity contribution is 5.94. The number of halogens is 1. The average molecular weight is 356 g/mol. The van der Waals surface area contributed by atoms with Gasteiger partial charge >= 0.3 is 0 Å². The molecule has 2 rings (SSSR count). The molecule has 0 fully saturated rings. The highest BCUT2D eigenvalue weighted by Gasteiger charge is 2.03. The lowest BCUT2D eigenvalue weighted by Crippen LogP contribution is -2.38. The Morgan fingerprint density at radius 3 is 2.46 bits per heavy atom. The number of nitrogens with zero attached hydrogens (tertiary/aromatic N) is 1. The number of nitrogens with one attached hydrogen (secondary N) is 3. The third-order valence-corrected chi connectivity index (χ3v) is 3.63. The van der Waals surface area contributed by atoms with Crippen LogP contribution < -0.4 is 16.0 Å². The molecule has 0 bridgehead atoms. The van der Waals surface area contributed by atoms with Gasteiger partial charge in [-0.3, -0.25) is 4.79 Å². The second kappa shape index (κ2) is 10.9. The maximum Gasteiger partial charge on any atom is 0.246 e. The van der Waals surface area contributed by atoms with Crippen molar-refractivity contribution < 1.29 is 9.18 Å². The van der Waals surface area contributed by atoms with Crippen LogP contribution in [0.25, 0.3) is 0 Å². The van der Waals surface area contributed by atoms with E-state index in [4.69, 9.17) is 0 Å². The van der Waals surface area contributed by atoms with Gasteiger partial charge in [0.05, 0.1) is 0 Å². The van der Waals surface area contributed by atoms with Crippen molar-refractivity contribution in [1.82, 2.24) is 10.6 Å². The molecule has 0 aromatic heterocycles. The zero-order valence-electron chi connectivity index (χ0n) is 15.0. The average Bonchev–Trinajstić information content (AvgIpc) is 2.66. The molecule has 0 spiro atoms. The molecule has 2 aromatic rings. The third kappa shape index (κ3) is 7.34. The van der Waals surface area contributed by atoms with Gasteiger partial charge in [-0.1, -0.05) is 30.3 Å². The van der Waals surface area contributed by atoms with Crippen LogP contribution in [-0.4, -0.2) is 31.5 Å². The minimum atomic E-state index is -0.338. The number of hydrogen-bond acceptors (Lipinski definition) is 2. The van der Waals surface area contributed by atoms with Gasteiger partial charge in [-0.15, -0.1) is 0 Å². The second-order valence-corrected chi connectivity index (χ2v) is 5.77. The van der Waals surface area contributed by atoms with Gasteiger partial charge in [0.25, 0.3) is 0 Å². The Balaban J connectivity index is 1.75. The number of amides is 1. The van der Waals surface area contributed by atoms with E-state index in [0.717, 1.165) is 19.4 Å². The van der Waals surface area contributed by atoms with Crippen LogP contribution >= 0.6 is 0 Å². The molecular formula is C20H25FN4O. The van der Waals surface area contributed by atoms with Crippen molar-refractivity contribution in [1.29, 1.82) is 0 Å². The fourth-order valence-electron chi connectivity index (χ4n) is 2.37. The van der Waals surface area contributed by atoms with Gasteiger partial charge in [-0.05, 0) is 49.6 Å². The summed E-state index contributed by atoms with van der Waals surface area (Å²) in [5.74, 6) is 0.0167. The van der Waals surface area contributed by atoms with E-state index in [-0.39, 0.29) is 18.3 Å². The summed E-state index contributed by atoms with van der Waals surface area (Å²) in [6, 6.07) is 15.9. The maximum absolute atomic E-state index is 12.9. The number of aliphatic imine (C=N–C) groups is 1. The molecule has 0 saturated heterocycles. The first kappa shape index (κ1) is 19.4. The molecule has 0 heterocycles.